The van der Waals surface area contributed by atoms with E-state index in [0.29, 0.717) is 11.4 Å². The van der Waals surface area contributed by atoms with Gasteiger partial charge in [-0.1, -0.05) is 0 Å². The molecule has 0 unspecified atom stereocenters. The average molecular weight is 246 g/mol. The molecular formula is C11H10N4O3. The number of amides is 1. The Balaban J connectivity index is 2.11. The molecule has 7 nitrogen and oxygen atoms in total. The van der Waals surface area contributed by atoms with E-state index in [1.807, 2.05) is 0 Å². The Bertz CT molecular complexity index is 589. The number of nitrogens with one attached hydrogen (secondary N) is 2. The Morgan fingerprint density at radius 1 is 1.22 bits per heavy atom. The van der Waals surface area contributed by atoms with Crippen molar-refractivity contribution in [1.82, 2.24) is 4.98 Å². The number of anilines is 2. The van der Waals surface area contributed by atoms with E-state index in [1.165, 1.54) is 12.1 Å². The van der Waals surface area contributed by atoms with Crippen LogP contribution in [0.5, 0.6) is 0 Å². The zero-order chi connectivity index (χ0) is 13.1. The Hall–Kier alpha value is -2.83. The summed E-state index contributed by atoms with van der Waals surface area (Å²) >= 11 is 0. The highest BCUT2D eigenvalue weighted by Crippen LogP contribution is 2.14. The van der Waals surface area contributed by atoms with E-state index in [2.05, 4.69) is 10.3 Å². The maximum absolute atomic E-state index is 11.7. The van der Waals surface area contributed by atoms with Crippen LogP contribution >= 0.6 is 0 Å². The normalized spacial score (nSPS) is 10.0. The number of rotatable bonds is 3. The van der Waals surface area contributed by atoms with Gasteiger partial charge in [-0.25, -0.2) is 4.98 Å². The second kappa shape index (κ2) is 4.58. The summed E-state index contributed by atoms with van der Waals surface area (Å²) in [6.45, 7) is 0. The molecule has 92 valence electrons. The van der Waals surface area contributed by atoms with Crippen LogP contribution in [0.25, 0.3) is 0 Å². The molecular weight excluding hydrogens is 236 g/mol. The van der Waals surface area contributed by atoms with Crippen molar-refractivity contribution < 1.29 is 9.72 Å². The van der Waals surface area contributed by atoms with Crippen LogP contribution in [0.1, 0.15) is 10.5 Å². The van der Waals surface area contributed by atoms with Gasteiger partial charge in [-0.3, -0.25) is 4.79 Å². The van der Waals surface area contributed by atoms with Crippen molar-refractivity contribution >= 4 is 23.1 Å². The number of carbonyl (C=O) groups is 1. The van der Waals surface area contributed by atoms with E-state index >= 15 is 0 Å². The van der Waals surface area contributed by atoms with Gasteiger partial charge in [0.15, 0.2) is 5.69 Å². The van der Waals surface area contributed by atoms with Crippen molar-refractivity contribution in [3.8, 4) is 0 Å². The molecule has 4 N–H and O–H groups in total. The molecule has 1 amide bonds. The first-order valence-corrected chi connectivity index (χ1v) is 5.06. The molecule has 2 rings (SSSR count). The van der Waals surface area contributed by atoms with Crippen molar-refractivity contribution in [2.75, 3.05) is 11.1 Å². The minimum absolute atomic E-state index is 0.124. The minimum Gasteiger partial charge on any atom is -0.399 e. The number of nitrogens with zero attached hydrogens (tertiary/aromatic N) is 1. The van der Waals surface area contributed by atoms with Gasteiger partial charge in [0.05, 0.1) is 0 Å². The Labute approximate surface area is 102 Å². The zero-order valence-electron chi connectivity index (χ0n) is 9.21. The van der Waals surface area contributed by atoms with E-state index in [4.69, 9.17) is 5.73 Å². The van der Waals surface area contributed by atoms with Crippen LogP contribution in [0.2, 0.25) is 0 Å². The maximum atomic E-state index is 11.7. The van der Waals surface area contributed by atoms with E-state index in [0.717, 1.165) is 0 Å². The minimum atomic E-state index is -0.597. The summed E-state index contributed by atoms with van der Waals surface area (Å²) in [5, 5.41) is 13.1. The fourth-order valence-electron chi connectivity index (χ4n) is 1.39. The summed E-state index contributed by atoms with van der Waals surface area (Å²) < 4.78 is 0. The third kappa shape index (κ3) is 2.46. The number of aromatic amines is 1. The average Bonchev–Trinajstić information content (AvgIpc) is 2.81. The molecule has 0 saturated carbocycles. The van der Waals surface area contributed by atoms with E-state index in [1.54, 1.807) is 24.3 Å². The molecule has 0 atom stereocenters. The van der Waals surface area contributed by atoms with Crippen molar-refractivity contribution in [2.45, 2.75) is 0 Å². The monoisotopic (exact) mass is 246 g/mol. The molecule has 18 heavy (non-hydrogen) atoms. The van der Waals surface area contributed by atoms with Crippen LogP contribution in [0.4, 0.5) is 17.2 Å². The van der Waals surface area contributed by atoms with Gasteiger partial charge in [0.25, 0.3) is 5.91 Å². The molecule has 1 heterocycles. The summed E-state index contributed by atoms with van der Waals surface area (Å²) in [6.07, 6.45) is 0. The fourth-order valence-corrected chi connectivity index (χ4v) is 1.39. The lowest BCUT2D eigenvalue weighted by Crippen LogP contribution is -2.12. The number of carbonyl (C=O) groups excluding carboxylic acids is 1. The van der Waals surface area contributed by atoms with Crippen molar-refractivity contribution in [3.05, 3.63) is 52.2 Å². The van der Waals surface area contributed by atoms with Gasteiger partial charge < -0.3 is 21.2 Å². The highest BCUT2D eigenvalue weighted by atomic mass is 16.6. The highest BCUT2D eigenvalue weighted by molar-refractivity contribution is 6.03. The van der Waals surface area contributed by atoms with Crippen molar-refractivity contribution in [1.29, 1.82) is 0 Å². The Morgan fingerprint density at radius 3 is 2.44 bits per heavy atom. The topological polar surface area (TPSA) is 114 Å². The molecule has 0 fully saturated rings. The van der Waals surface area contributed by atoms with Crippen LogP contribution in [-0.2, 0) is 0 Å². The predicted octanol–water partition coefficient (Wildman–Crippen LogP) is 1.76. The zero-order valence-corrected chi connectivity index (χ0v) is 9.21. The van der Waals surface area contributed by atoms with Crippen LogP contribution in [0.15, 0.2) is 36.4 Å². The maximum Gasteiger partial charge on any atom is 0.321 e. The largest absolute Gasteiger partial charge is 0.399 e. The van der Waals surface area contributed by atoms with Gasteiger partial charge in [0.2, 0.25) is 0 Å². The molecule has 7 heteroatoms. The molecule has 1 aromatic heterocycles. The number of nitrogens with two attached hydrogens (primary N) is 1. The molecule has 0 bridgehead atoms. The van der Waals surface area contributed by atoms with Crippen LogP contribution in [-0.4, -0.2) is 15.8 Å². The lowest BCUT2D eigenvalue weighted by Gasteiger charge is -2.02. The number of hydrogen-bond donors (Lipinski definition) is 3. The molecule has 0 aliphatic heterocycles. The number of aromatic nitrogens is 1. The van der Waals surface area contributed by atoms with E-state index in [-0.39, 0.29) is 11.5 Å². The summed E-state index contributed by atoms with van der Waals surface area (Å²) in [5.41, 5.74) is 6.78. The Kier molecular flexibility index (Phi) is 2.96. The standard InChI is InChI=1S/C11H10N4O3/c12-7-1-3-8(4-2-7)13-11(16)9-5-6-10(14-9)15(17)18/h1-6,14H,12H2,(H,13,16). The summed E-state index contributed by atoms with van der Waals surface area (Å²) in [7, 11) is 0. The van der Waals surface area contributed by atoms with Gasteiger partial charge in [0.1, 0.15) is 0 Å². The van der Waals surface area contributed by atoms with Crippen molar-refractivity contribution in [2.24, 2.45) is 0 Å². The summed E-state index contributed by atoms with van der Waals surface area (Å²) in [5.74, 6) is -0.676. The summed E-state index contributed by atoms with van der Waals surface area (Å²) in [4.78, 5) is 24.0. The first-order chi connectivity index (χ1) is 8.56. The lowest BCUT2D eigenvalue weighted by atomic mass is 10.3. The van der Waals surface area contributed by atoms with Crippen LogP contribution < -0.4 is 11.1 Å². The van der Waals surface area contributed by atoms with Gasteiger partial charge >= 0.3 is 5.82 Å². The number of H-pyrrole nitrogens is 1. The second-order valence-corrected chi connectivity index (χ2v) is 3.59. The highest BCUT2D eigenvalue weighted by Gasteiger charge is 2.15. The first-order valence-electron chi connectivity index (χ1n) is 5.06. The lowest BCUT2D eigenvalue weighted by molar-refractivity contribution is -0.389. The van der Waals surface area contributed by atoms with Gasteiger partial charge in [-0.2, -0.15) is 0 Å². The van der Waals surface area contributed by atoms with Gasteiger partial charge in [-0.05, 0) is 35.3 Å². The van der Waals surface area contributed by atoms with E-state index in [9.17, 15) is 14.9 Å². The van der Waals surface area contributed by atoms with Gasteiger partial charge in [0, 0.05) is 17.4 Å². The van der Waals surface area contributed by atoms with Crippen LogP contribution in [0.3, 0.4) is 0 Å². The number of benzene rings is 1. The first kappa shape index (κ1) is 11.6. The van der Waals surface area contributed by atoms with E-state index < -0.39 is 10.8 Å². The van der Waals surface area contributed by atoms with Gasteiger partial charge in [-0.15, -0.1) is 0 Å². The Morgan fingerprint density at radius 2 is 1.89 bits per heavy atom. The number of nitro groups is 1. The molecule has 0 saturated heterocycles. The smallest absolute Gasteiger partial charge is 0.321 e. The van der Waals surface area contributed by atoms with Crippen molar-refractivity contribution in [3.63, 3.8) is 0 Å². The fraction of sp³-hybridized carbons (Fsp3) is 0. The number of nitrogen functional groups attached to an aromatic ring is 1. The number of hydrogen-bond acceptors (Lipinski definition) is 4. The third-order valence-electron chi connectivity index (χ3n) is 2.28. The molecule has 2 aromatic rings. The molecule has 0 aliphatic carbocycles. The summed E-state index contributed by atoms with van der Waals surface area (Å²) in [6, 6.07) is 9.16. The third-order valence-corrected chi connectivity index (χ3v) is 2.28. The predicted molar refractivity (Wildman–Crippen MR) is 66.3 cm³/mol. The molecule has 0 radical (unpaired) electrons. The second-order valence-electron chi connectivity index (χ2n) is 3.59. The molecule has 0 aliphatic rings. The van der Waals surface area contributed by atoms with Crippen LogP contribution in [0, 0.1) is 10.1 Å². The molecule has 1 aromatic carbocycles. The quantitative estimate of drug-likeness (QED) is 0.434. The SMILES string of the molecule is Nc1ccc(NC(=O)c2ccc([N+](=O)[O-])[nH]2)cc1. The molecule has 0 spiro atoms.